The molecule has 0 bridgehead atoms. The van der Waals surface area contributed by atoms with E-state index in [9.17, 15) is 4.79 Å². The highest BCUT2D eigenvalue weighted by Gasteiger charge is 2.13. The molecule has 0 aliphatic carbocycles. The van der Waals surface area contributed by atoms with Crippen LogP contribution in [0.3, 0.4) is 0 Å². The SMILES string of the molecule is COc1cc(/C=C/C(=O)N2CCCCCC2)ccc1OCCC(C)C. The molecule has 1 aromatic rings. The van der Waals surface area contributed by atoms with E-state index in [1.54, 1.807) is 13.2 Å². The molecule has 1 aliphatic rings. The maximum Gasteiger partial charge on any atom is 0.246 e. The van der Waals surface area contributed by atoms with Crippen LogP contribution in [0.15, 0.2) is 24.3 Å². The van der Waals surface area contributed by atoms with Crippen molar-refractivity contribution >= 4 is 12.0 Å². The Morgan fingerprint density at radius 3 is 2.52 bits per heavy atom. The lowest BCUT2D eigenvalue weighted by Crippen LogP contribution is -2.30. The third kappa shape index (κ3) is 6.45. The summed E-state index contributed by atoms with van der Waals surface area (Å²) in [7, 11) is 1.64. The van der Waals surface area contributed by atoms with Gasteiger partial charge in [-0.1, -0.05) is 32.8 Å². The summed E-state index contributed by atoms with van der Waals surface area (Å²) in [6.45, 7) is 6.77. The van der Waals surface area contributed by atoms with Crippen LogP contribution < -0.4 is 9.47 Å². The quantitative estimate of drug-likeness (QED) is 0.681. The molecule has 0 radical (unpaired) electrons. The zero-order chi connectivity index (χ0) is 18.1. The maximum atomic E-state index is 12.3. The summed E-state index contributed by atoms with van der Waals surface area (Å²) in [5.41, 5.74) is 0.941. The fourth-order valence-corrected chi connectivity index (χ4v) is 2.88. The standard InChI is InChI=1S/C21H31NO3/c1-17(2)12-15-25-19-10-8-18(16-20(19)24-3)9-11-21(23)22-13-6-4-5-7-14-22/h8-11,16-17H,4-7,12-15H2,1-3H3/b11-9+. The van der Waals surface area contributed by atoms with Gasteiger partial charge in [-0.3, -0.25) is 4.79 Å². The number of amides is 1. The van der Waals surface area contributed by atoms with Gasteiger partial charge < -0.3 is 14.4 Å². The van der Waals surface area contributed by atoms with Gasteiger partial charge in [0.05, 0.1) is 13.7 Å². The predicted molar refractivity (Wildman–Crippen MR) is 102 cm³/mol. The van der Waals surface area contributed by atoms with E-state index in [2.05, 4.69) is 13.8 Å². The zero-order valence-corrected chi connectivity index (χ0v) is 15.8. The van der Waals surface area contributed by atoms with Gasteiger partial charge in [-0.25, -0.2) is 0 Å². The monoisotopic (exact) mass is 345 g/mol. The Hall–Kier alpha value is -1.97. The summed E-state index contributed by atoms with van der Waals surface area (Å²) in [4.78, 5) is 14.3. The van der Waals surface area contributed by atoms with Crippen LogP contribution >= 0.6 is 0 Å². The minimum atomic E-state index is 0.0955. The van der Waals surface area contributed by atoms with Gasteiger partial charge in [0.1, 0.15) is 0 Å². The second kappa shape index (κ2) is 10.1. The van der Waals surface area contributed by atoms with E-state index in [-0.39, 0.29) is 5.91 Å². The van der Waals surface area contributed by atoms with E-state index in [0.29, 0.717) is 18.3 Å². The number of ether oxygens (including phenoxy) is 2. The summed E-state index contributed by atoms with van der Waals surface area (Å²) in [5.74, 6) is 2.16. The third-order valence-corrected chi connectivity index (χ3v) is 4.48. The Morgan fingerprint density at radius 2 is 1.88 bits per heavy atom. The van der Waals surface area contributed by atoms with Crippen molar-refractivity contribution in [1.82, 2.24) is 4.90 Å². The fourth-order valence-electron chi connectivity index (χ4n) is 2.88. The number of hydrogen-bond donors (Lipinski definition) is 0. The molecule has 1 heterocycles. The van der Waals surface area contributed by atoms with Crippen LogP contribution in [0.4, 0.5) is 0 Å². The molecule has 0 N–H and O–H groups in total. The second-order valence-corrected chi connectivity index (χ2v) is 7.01. The van der Waals surface area contributed by atoms with Crippen molar-refractivity contribution in [1.29, 1.82) is 0 Å². The number of carbonyl (C=O) groups excluding carboxylic acids is 1. The average Bonchev–Trinajstić information content (AvgIpc) is 2.89. The number of methoxy groups -OCH3 is 1. The van der Waals surface area contributed by atoms with Crippen molar-refractivity contribution in [2.75, 3.05) is 26.8 Å². The van der Waals surface area contributed by atoms with Gasteiger partial charge in [-0.05, 0) is 49.0 Å². The number of rotatable bonds is 7. The van der Waals surface area contributed by atoms with Gasteiger partial charge in [-0.15, -0.1) is 0 Å². The van der Waals surface area contributed by atoms with Crippen molar-refractivity contribution in [2.24, 2.45) is 5.92 Å². The van der Waals surface area contributed by atoms with E-state index in [1.807, 2.05) is 29.2 Å². The van der Waals surface area contributed by atoms with E-state index in [1.165, 1.54) is 12.8 Å². The molecular formula is C21H31NO3. The topological polar surface area (TPSA) is 38.8 Å². The molecule has 0 saturated carbocycles. The Balaban J connectivity index is 1.97. The minimum absolute atomic E-state index is 0.0955. The van der Waals surface area contributed by atoms with Gasteiger partial charge in [0.15, 0.2) is 11.5 Å². The summed E-state index contributed by atoms with van der Waals surface area (Å²) < 4.78 is 11.2. The molecule has 25 heavy (non-hydrogen) atoms. The van der Waals surface area contributed by atoms with Crippen molar-refractivity contribution in [2.45, 2.75) is 46.0 Å². The number of likely N-dealkylation sites (tertiary alicyclic amines) is 1. The van der Waals surface area contributed by atoms with Gasteiger partial charge in [0.2, 0.25) is 5.91 Å². The van der Waals surface area contributed by atoms with E-state index < -0.39 is 0 Å². The minimum Gasteiger partial charge on any atom is -0.493 e. The van der Waals surface area contributed by atoms with E-state index in [0.717, 1.165) is 43.7 Å². The van der Waals surface area contributed by atoms with Crippen LogP contribution in [-0.4, -0.2) is 37.6 Å². The lowest BCUT2D eigenvalue weighted by Gasteiger charge is -2.18. The van der Waals surface area contributed by atoms with Gasteiger partial charge in [0, 0.05) is 19.2 Å². The van der Waals surface area contributed by atoms with Crippen molar-refractivity contribution in [3.63, 3.8) is 0 Å². The number of nitrogens with zero attached hydrogens (tertiary/aromatic N) is 1. The molecule has 1 aliphatic heterocycles. The molecule has 0 aromatic heterocycles. The Labute approximate surface area is 151 Å². The average molecular weight is 345 g/mol. The molecule has 1 amide bonds. The third-order valence-electron chi connectivity index (χ3n) is 4.48. The maximum absolute atomic E-state index is 12.3. The summed E-state index contributed by atoms with van der Waals surface area (Å²) in [6, 6.07) is 5.78. The predicted octanol–water partition coefficient (Wildman–Crippen LogP) is 4.54. The van der Waals surface area contributed by atoms with Crippen LogP contribution in [0, 0.1) is 5.92 Å². The molecule has 0 spiro atoms. The van der Waals surface area contributed by atoms with Crippen molar-refractivity contribution in [3.8, 4) is 11.5 Å². The van der Waals surface area contributed by atoms with Crippen molar-refractivity contribution < 1.29 is 14.3 Å². The highest BCUT2D eigenvalue weighted by atomic mass is 16.5. The molecule has 2 rings (SSSR count). The normalized spacial score (nSPS) is 15.4. The van der Waals surface area contributed by atoms with Crippen LogP contribution in [-0.2, 0) is 4.79 Å². The number of carbonyl (C=O) groups is 1. The summed E-state index contributed by atoms with van der Waals surface area (Å²) in [5, 5.41) is 0. The van der Waals surface area contributed by atoms with Gasteiger partial charge in [-0.2, -0.15) is 0 Å². The number of benzene rings is 1. The van der Waals surface area contributed by atoms with E-state index in [4.69, 9.17) is 9.47 Å². The smallest absolute Gasteiger partial charge is 0.246 e. The highest BCUT2D eigenvalue weighted by molar-refractivity contribution is 5.91. The first-order chi connectivity index (χ1) is 12.1. The van der Waals surface area contributed by atoms with Gasteiger partial charge in [0.25, 0.3) is 0 Å². The summed E-state index contributed by atoms with van der Waals surface area (Å²) in [6.07, 6.45) is 9.19. The molecule has 1 saturated heterocycles. The highest BCUT2D eigenvalue weighted by Crippen LogP contribution is 2.29. The van der Waals surface area contributed by atoms with Crippen molar-refractivity contribution in [3.05, 3.63) is 29.8 Å². The first-order valence-electron chi connectivity index (χ1n) is 9.38. The molecule has 0 atom stereocenters. The molecule has 4 nitrogen and oxygen atoms in total. The molecule has 1 fully saturated rings. The van der Waals surface area contributed by atoms with Gasteiger partial charge >= 0.3 is 0 Å². The van der Waals surface area contributed by atoms with E-state index >= 15 is 0 Å². The Kier molecular flexibility index (Phi) is 7.83. The first-order valence-corrected chi connectivity index (χ1v) is 9.38. The second-order valence-electron chi connectivity index (χ2n) is 7.01. The molecular weight excluding hydrogens is 314 g/mol. The lowest BCUT2D eigenvalue weighted by molar-refractivity contribution is -0.125. The lowest BCUT2D eigenvalue weighted by atomic mass is 10.1. The van der Waals surface area contributed by atoms with Crippen LogP contribution in [0.5, 0.6) is 11.5 Å². The molecule has 4 heteroatoms. The van der Waals surface area contributed by atoms with Crippen LogP contribution in [0.2, 0.25) is 0 Å². The Morgan fingerprint density at radius 1 is 1.16 bits per heavy atom. The first kappa shape index (κ1) is 19.4. The zero-order valence-electron chi connectivity index (χ0n) is 15.8. The largest absolute Gasteiger partial charge is 0.493 e. The fraction of sp³-hybridized carbons (Fsp3) is 0.571. The summed E-state index contributed by atoms with van der Waals surface area (Å²) >= 11 is 0. The molecule has 138 valence electrons. The molecule has 0 unspecified atom stereocenters. The number of hydrogen-bond acceptors (Lipinski definition) is 3. The Bertz CT molecular complexity index is 573. The van der Waals surface area contributed by atoms with Crippen LogP contribution in [0.1, 0.15) is 51.5 Å². The molecule has 1 aromatic carbocycles. The van der Waals surface area contributed by atoms with Crippen LogP contribution in [0.25, 0.3) is 6.08 Å².